The van der Waals surface area contributed by atoms with Gasteiger partial charge in [0.25, 0.3) is 0 Å². The summed E-state index contributed by atoms with van der Waals surface area (Å²) in [7, 11) is 0. The molecule has 0 saturated carbocycles. The van der Waals surface area contributed by atoms with Gasteiger partial charge in [-0.05, 0) is 47.4 Å². The first kappa shape index (κ1) is 19.8. The molecule has 3 nitrogen and oxygen atoms in total. The fraction of sp³-hybridized carbons (Fsp3) is 0.0690. The van der Waals surface area contributed by atoms with E-state index >= 15 is 0 Å². The maximum Gasteiger partial charge on any atom is 0.231 e. The third kappa shape index (κ3) is 3.93. The first-order valence-electron chi connectivity index (χ1n) is 10.6. The Balaban J connectivity index is 1.35. The zero-order valence-electron chi connectivity index (χ0n) is 17.7. The van der Waals surface area contributed by atoms with Gasteiger partial charge < -0.3 is 9.47 Å². The molecule has 0 fully saturated rings. The number of allylic oxidation sites excluding steroid dienone is 1. The van der Waals surface area contributed by atoms with Gasteiger partial charge in [0.05, 0.1) is 5.56 Å². The Morgan fingerprint density at radius 2 is 1.44 bits per heavy atom. The van der Waals surface area contributed by atoms with E-state index in [9.17, 15) is 4.79 Å². The number of carbonyl (C=O) groups excluding carboxylic acids is 1. The molecule has 32 heavy (non-hydrogen) atoms. The van der Waals surface area contributed by atoms with Crippen LogP contribution < -0.4 is 9.47 Å². The lowest BCUT2D eigenvalue weighted by atomic mass is 10.0. The van der Waals surface area contributed by atoms with Crippen molar-refractivity contribution >= 4 is 11.9 Å². The van der Waals surface area contributed by atoms with Crippen LogP contribution >= 0.6 is 0 Å². The molecule has 0 aromatic heterocycles. The number of benzene rings is 4. The Bertz CT molecular complexity index is 1290. The zero-order valence-corrected chi connectivity index (χ0v) is 17.7. The smallest absolute Gasteiger partial charge is 0.231 e. The van der Waals surface area contributed by atoms with Gasteiger partial charge in [0.2, 0.25) is 5.78 Å². The summed E-state index contributed by atoms with van der Waals surface area (Å²) in [5, 5.41) is 0. The fourth-order valence-corrected chi connectivity index (χ4v) is 3.81. The van der Waals surface area contributed by atoms with Crippen molar-refractivity contribution in [1.82, 2.24) is 0 Å². The monoisotopic (exact) mass is 418 g/mol. The van der Waals surface area contributed by atoms with Gasteiger partial charge in [-0.2, -0.15) is 0 Å². The summed E-state index contributed by atoms with van der Waals surface area (Å²) in [5.74, 6) is 1.52. The Morgan fingerprint density at radius 3 is 2.16 bits per heavy atom. The second-order valence-electron chi connectivity index (χ2n) is 7.77. The van der Waals surface area contributed by atoms with Crippen molar-refractivity contribution in [2.24, 2.45) is 0 Å². The Kier molecular flexibility index (Phi) is 5.30. The first-order chi connectivity index (χ1) is 15.7. The van der Waals surface area contributed by atoms with Crippen molar-refractivity contribution < 1.29 is 14.3 Å². The molecule has 4 aromatic rings. The highest BCUT2D eigenvalue weighted by molar-refractivity contribution is 6.15. The SMILES string of the molecule is Cc1c(OCc2ccccc2)ccc2c1O/C(=C\c1ccc(-c3ccccc3)cc1)C2=O. The Labute approximate surface area is 187 Å². The summed E-state index contributed by atoms with van der Waals surface area (Å²) in [5.41, 5.74) is 5.69. The van der Waals surface area contributed by atoms with Crippen LogP contribution in [0, 0.1) is 6.92 Å². The summed E-state index contributed by atoms with van der Waals surface area (Å²) < 4.78 is 12.0. The van der Waals surface area contributed by atoms with Crippen LogP contribution in [0.1, 0.15) is 27.0 Å². The van der Waals surface area contributed by atoms with E-state index in [-0.39, 0.29) is 5.78 Å². The highest BCUT2D eigenvalue weighted by atomic mass is 16.5. The minimum atomic E-state index is -0.107. The molecule has 0 aliphatic carbocycles. The van der Waals surface area contributed by atoms with Gasteiger partial charge in [-0.25, -0.2) is 0 Å². The van der Waals surface area contributed by atoms with Gasteiger partial charge in [0, 0.05) is 5.56 Å². The van der Waals surface area contributed by atoms with Gasteiger partial charge in [-0.3, -0.25) is 4.79 Å². The van der Waals surface area contributed by atoms with E-state index in [0.29, 0.717) is 29.4 Å². The van der Waals surface area contributed by atoms with E-state index in [0.717, 1.165) is 27.8 Å². The number of carbonyl (C=O) groups is 1. The largest absolute Gasteiger partial charge is 0.488 e. The number of ketones is 1. The standard InChI is InChI=1S/C29H22O3/c1-20-26(31-19-22-8-4-2-5-9-22)17-16-25-28(30)27(32-29(20)25)18-21-12-14-24(15-13-21)23-10-6-3-7-11-23/h2-18H,19H2,1H3/b27-18-. The van der Waals surface area contributed by atoms with E-state index in [1.165, 1.54) is 0 Å². The summed E-state index contributed by atoms with van der Waals surface area (Å²) in [6.07, 6.45) is 1.79. The number of Topliss-reactive ketones (excluding diaryl/α,β-unsaturated/α-hetero) is 1. The second kappa shape index (κ2) is 8.56. The molecule has 0 radical (unpaired) electrons. The predicted octanol–water partition coefficient (Wildman–Crippen LogP) is 6.86. The topological polar surface area (TPSA) is 35.5 Å². The molecule has 5 rings (SSSR count). The molecule has 1 heterocycles. The molecule has 0 unspecified atom stereocenters. The third-order valence-electron chi connectivity index (χ3n) is 5.59. The molecular formula is C29H22O3. The van der Waals surface area contributed by atoms with Crippen molar-refractivity contribution in [3.05, 3.63) is 125 Å². The molecule has 156 valence electrons. The van der Waals surface area contributed by atoms with Crippen molar-refractivity contribution in [2.45, 2.75) is 13.5 Å². The van der Waals surface area contributed by atoms with Gasteiger partial charge in [0.15, 0.2) is 5.76 Å². The van der Waals surface area contributed by atoms with Crippen molar-refractivity contribution in [2.75, 3.05) is 0 Å². The van der Waals surface area contributed by atoms with Gasteiger partial charge in [0.1, 0.15) is 18.1 Å². The van der Waals surface area contributed by atoms with E-state index in [2.05, 4.69) is 24.3 Å². The van der Waals surface area contributed by atoms with Gasteiger partial charge >= 0.3 is 0 Å². The number of hydrogen-bond donors (Lipinski definition) is 0. The number of rotatable bonds is 5. The van der Waals surface area contributed by atoms with E-state index in [4.69, 9.17) is 9.47 Å². The summed E-state index contributed by atoms with van der Waals surface area (Å²) in [6, 6.07) is 31.9. The molecule has 0 spiro atoms. The quantitative estimate of drug-likeness (QED) is 0.332. The fourth-order valence-electron chi connectivity index (χ4n) is 3.81. The van der Waals surface area contributed by atoms with E-state index in [1.807, 2.05) is 73.7 Å². The van der Waals surface area contributed by atoms with Crippen LogP contribution in [-0.2, 0) is 6.61 Å². The summed E-state index contributed by atoms with van der Waals surface area (Å²) in [4.78, 5) is 12.9. The van der Waals surface area contributed by atoms with Crippen LogP contribution in [0.3, 0.4) is 0 Å². The summed E-state index contributed by atoms with van der Waals surface area (Å²) in [6.45, 7) is 2.38. The average molecular weight is 418 g/mol. The van der Waals surface area contributed by atoms with Crippen molar-refractivity contribution in [3.8, 4) is 22.6 Å². The second-order valence-corrected chi connectivity index (χ2v) is 7.77. The lowest BCUT2D eigenvalue weighted by Gasteiger charge is -2.11. The van der Waals surface area contributed by atoms with Gasteiger partial charge in [-0.1, -0.05) is 84.9 Å². The van der Waals surface area contributed by atoms with Crippen LogP contribution in [0.25, 0.3) is 17.2 Å². The van der Waals surface area contributed by atoms with Crippen LogP contribution in [-0.4, -0.2) is 5.78 Å². The number of hydrogen-bond acceptors (Lipinski definition) is 3. The minimum absolute atomic E-state index is 0.107. The molecule has 4 aromatic carbocycles. The molecule has 1 aliphatic rings. The van der Waals surface area contributed by atoms with Crippen molar-refractivity contribution in [1.29, 1.82) is 0 Å². The average Bonchev–Trinajstić information content (AvgIpc) is 3.16. The van der Waals surface area contributed by atoms with Crippen LogP contribution in [0.5, 0.6) is 11.5 Å². The predicted molar refractivity (Wildman–Crippen MR) is 127 cm³/mol. The number of fused-ring (bicyclic) bond motifs is 1. The molecule has 0 bridgehead atoms. The molecule has 0 amide bonds. The minimum Gasteiger partial charge on any atom is -0.488 e. The summed E-state index contributed by atoms with van der Waals surface area (Å²) >= 11 is 0. The maximum absolute atomic E-state index is 12.9. The third-order valence-corrected chi connectivity index (χ3v) is 5.59. The Morgan fingerprint density at radius 1 is 0.781 bits per heavy atom. The maximum atomic E-state index is 12.9. The molecule has 3 heteroatoms. The number of ether oxygens (including phenoxy) is 2. The molecule has 0 N–H and O–H groups in total. The Hall–Kier alpha value is -4.11. The normalized spacial score (nSPS) is 13.7. The first-order valence-corrected chi connectivity index (χ1v) is 10.6. The molecule has 1 aliphatic heterocycles. The lowest BCUT2D eigenvalue weighted by molar-refractivity contribution is 0.101. The molecular weight excluding hydrogens is 396 g/mol. The van der Waals surface area contributed by atoms with E-state index in [1.54, 1.807) is 12.1 Å². The van der Waals surface area contributed by atoms with E-state index < -0.39 is 0 Å². The lowest BCUT2D eigenvalue weighted by Crippen LogP contribution is -1.98. The zero-order chi connectivity index (χ0) is 21.9. The van der Waals surface area contributed by atoms with Crippen LogP contribution in [0.15, 0.2) is 103 Å². The highest BCUT2D eigenvalue weighted by Crippen LogP contribution is 2.39. The van der Waals surface area contributed by atoms with Crippen LogP contribution in [0.2, 0.25) is 0 Å². The van der Waals surface area contributed by atoms with Crippen molar-refractivity contribution in [3.63, 3.8) is 0 Å². The highest BCUT2D eigenvalue weighted by Gasteiger charge is 2.30. The van der Waals surface area contributed by atoms with Crippen LogP contribution in [0.4, 0.5) is 0 Å². The molecule has 0 saturated heterocycles. The van der Waals surface area contributed by atoms with Gasteiger partial charge in [-0.15, -0.1) is 0 Å². The molecule has 0 atom stereocenters.